The van der Waals surface area contributed by atoms with Gasteiger partial charge in [0.1, 0.15) is 0 Å². The molecule has 2 rings (SSSR count). The summed E-state index contributed by atoms with van der Waals surface area (Å²) in [7, 11) is -1.40. The van der Waals surface area contributed by atoms with Crippen LogP contribution < -0.4 is 0 Å². The highest BCUT2D eigenvalue weighted by Gasteiger charge is 2.33. The van der Waals surface area contributed by atoms with Crippen molar-refractivity contribution in [3.8, 4) is 0 Å². The Morgan fingerprint density at radius 3 is 2.88 bits per heavy atom. The monoisotopic (exact) mass is 244 g/mol. The summed E-state index contributed by atoms with van der Waals surface area (Å²) in [5, 5.41) is 3.44. The minimum absolute atomic E-state index is 0.0311. The molecule has 0 bridgehead atoms. The Kier molecular flexibility index (Phi) is 2.71. The van der Waals surface area contributed by atoms with E-state index in [1.54, 1.807) is 7.05 Å². The normalized spacial score (nSPS) is 23.2. The fourth-order valence-electron chi connectivity index (χ4n) is 1.75. The van der Waals surface area contributed by atoms with Crippen LogP contribution in [-0.4, -0.2) is 49.0 Å². The third kappa shape index (κ3) is 2.08. The van der Waals surface area contributed by atoms with Crippen molar-refractivity contribution in [3.63, 3.8) is 0 Å². The molecule has 0 N–H and O–H groups in total. The van der Waals surface area contributed by atoms with Crippen LogP contribution in [0.4, 0.5) is 0 Å². The number of hydrogen-bond donors (Lipinski definition) is 0. The van der Waals surface area contributed by atoms with E-state index in [9.17, 15) is 13.2 Å². The van der Waals surface area contributed by atoms with Crippen molar-refractivity contribution in [2.45, 2.75) is 12.5 Å². The second-order valence-corrected chi connectivity index (χ2v) is 6.08. The molecule has 0 aliphatic carbocycles. The first-order valence-corrected chi connectivity index (χ1v) is 6.70. The lowest BCUT2D eigenvalue weighted by Crippen LogP contribution is -2.37. The van der Waals surface area contributed by atoms with Gasteiger partial charge in [-0.15, -0.1) is 0 Å². The van der Waals surface area contributed by atoms with Crippen molar-refractivity contribution in [2.75, 3.05) is 18.6 Å². The summed E-state index contributed by atoms with van der Waals surface area (Å²) in [6.07, 6.45) is 1.87. The number of hydrogen-bond acceptors (Lipinski definition) is 5. The first-order chi connectivity index (χ1) is 7.49. The molecule has 1 amide bonds. The van der Waals surface area contributed by atoms with Crippen molar-refractivity contribution >= 4 is 15.7 Å². The Labute approximate surface area is 93.1 Å². The smallest absolute Gasteiger partial charge is 0.292 e. The molecule has 0 radical (unpaired) electrons. The van der Waals surface area contributed by atoms with Crippen molar-refractivity contribution in [1.29, 1.82) is 0 Å². The van der Waals surface area contributed by atoms with E-state index in [4.69, 9.17) is 4.52 Å². The minimum Gasteiger partial charge on any atom is -0.351 e. The first-order valence-electron chi connectivity index (χ1n) is 4.88. The van der Waals surface area contributed by atoms with Crippen LogP contribution in [0.1, 0.15) is 17.0 Å². The molecule has 7 heteroatoms. The molecule has 16 heavy (non-hydrogen) atoms. The van der Waals surface area contributed by atoms with Gasteiger partial charge >= 0.3 is 0 Å². The van der Waals surface area contributed by atoms with Crippen LogP contribution in [0, 0.1) is 0 Å². The number of carbonyl (C=O) groups excluding carboxylic acids is 1. The summed E-state index contributed by atoms with van der Waals surface area (Å²) < 4.78 is 27.3. The van der Waals surface area contributed by atoms with Crippen LogP contribution in [-0.2, 0) is 9.84 Å². The van der Waals surface area contributed by atoms with Crippen LogP contribution in [0.15, 0.2) is 16.8 Å². The van der Waals surface area contributed by atoms with Gasteiger partial charge in [-0.05, 0) is 6.42 Å². The number of aromatic nitrogens is 1. The highest BCUT2D eigenvalue weighted by Crippen LogP contribution is 2.18. The van der Waals surface area contributed by atoms with E-state index in [2.05, 4.69) is 5.16 Å². The molecule has 1 aromatic heterocycles. The molecule has 6 nitrogen and oxygen atoms in total. The molecule has 1 aromatic rings. The molecule has 88 valence electrons. The van der Waals surface area contributed by atoms with E-state index in [1.807, 2.05) is 0 Å². The van der Waals surface area contributed by atoms with E-state index in [1.165, 1.54) is 17.2 Å². The van der Waals surface area contributed by atoms with Gasteiger partial charge in [-0.3, -0.25) is 4.79 Å². The lowest BCUT2D eigenvalue weighted by molar-refractivity contribution is 0.0705. The summed E-state index contributed by atoms with van der Waals surface area (Å²) in [6, 6.07) is 1.20. The van der Waals surface area contributed by atoms with Gasteiger partial charge in [0.2, 0.25) is 5.76 Å². The van der Waals surface area contributed by atoms with Crippen molar-refractivity contribution in [1.82, 2.24) is 10.1 Å². The van der Waals surface area contributed by atoms with Gasteiger partial charge in [0.25, 0.3) is 5.91 Å². The molecule has 1 fully saturated rings. The van der Waals surface area contributed by atoms with Gasteiger partial charge in [0, 0.05) is 19.2 Å². The molecule has 1 unspecified atom stereocenters. The van der Waals surface area contributed by atoms with E-state index in [0.717, 1.165) is 0 Å². The second kappa shape index (κ2) is 3.89. The van der Waals surface area contributed by atoms with Gasteiger partial charge in [0.15, 0.2) is 9.84 Å². The Morgan fingerprint density at radius 2 is 2.38 bits per heavy atom. The zero-order valence-electron chi connectivity index (χ0n) is 8.79. The average molecular weight is 244 g/mol. The zero-order valence-corrected chi connectivity index (χ0v) is 9.61. The molecule has 2 heterocycles. The largest absolute Gasteiger partial charge is 0.351 e. The van der Waals surface area contributed by atoms with Crippen molar-refractivity contribution in [2.24, 2.45) is 0 Å². The summed E-state index contributed by atoms with van der Waals surface area (Å²) >= 11 is 0. The number of carbonyl (C=O) groups is 1. The highest BCUT2D eigenvalue weighted by atomic mass is 32.2. The fraction of sp³-hybridized carbons (Fsp3) is 0.556. The predicted octanol–water partition coefficient (Wildman–Crippen LogP) is -0.0663. The van der Waals surface area contributed by atoms with Gasteiger partial charge in [-0.25, -0.2) is 8.42 Å². The number of rotatable bonds is 2. The van der Waals surface area contributed by atoms with Crippen LogP contribution in [0.5, 0.6) is 0 Å². The van der Waals surface area contributed by atoms with E-state index in [-0.39, 0.29) is 29.2 Å². The average Bonchev–Trinajstić information content (AvgIpc) is 2.84. The Hall–Kier alpha value is -1.37. The standard InChI is InChI=1S/C9H12N2O4S/c1-11(7-3-5-16(13,14)6-7)9(12)8-2-4-10-15-8/h2,4,7H,3,5-6H2,1H3. The van der Waals surface area contributed by atoms with Crippen LogP contribution >= 0.6 is 0 Å². The number of nitrogens with zero attached hydrogens (tertiary/aromatic N) is 2. The summed E-state index contributed by atoms with van der Waals surface area (Å²) in [5.41, 5.74) is 0. The minimum atomic E-state index is -2.98. The van der Waals surface area contributed by atoms with E-state index in [0.29, 0.717) is 6.42 Å². The Bertz CT molecular complexity index is 480. The van der Waals surface area contributed by atoms with Gasteiger partial charge in [0.05, 0.1) is 17.7 Å². The maximum atomic E-state index is 11.8. The van der Waals surface area contributed by atoms with Crippen molar-refractivity contribution in [3.05, 3.63) is 18.0 Å². The fourth-order valence-corrected chi connectivity index (χ4v) is 3.52. The number of sulfone groups is 1. The van der Waals surface area contributed by atoms with Gasteiger partial charge in [-0.1, -0.05) is 5.16 Å². The molecule has 1 saturated heterocycles. The molecule has 1 aliphatic rings. The molecule has 0 saturated carbocycles. The van der Waals surface area contributed by atoms with Gasteiger partial charge in [-0.2, -0.15) is 0 Å². The molecule has 0 spiro atoms. The summed E-state index contributed by atoms with van der Waals surface area (Å²) in [5.74, 6) is -0.0267. The maximum absolute atomic E-state index is 11.8. The predicted molar refractivity (Wildman–Crippen MR) is 55.7 cm³/mol. The molecular formula is C9H12N2O4S. The van der Waals surface area contributed by atoms with E-state index < -0.39 is 9.84 Å². The third-order valence-corrected chi connectivity index (χ3v) is 4.48. The SMILES string of the molecule is CN(C(=O)c1ccno1)C1CCS(=O)(=O)C1. The number of amides is 1. The Morgan fingerprint density at radius 1 is 1.62 bits per heavy atom. The van der Waals surface area contributed by atoms with Crippen molar-refractivity contribution < 1.29 is 17.7 Å². The highest BCUT2D eigenvalue weighted by molar-refractivity contribution is 7.91. The van der Waals surface area contributed by atoms with Crippen LogP contribution in [0.3, 0.4) is 0 Å². The molecular weight excluding hydrogens is 232 g/mol. The lowest BCUT2D eigenvalue weighted by Gasteiger charge is -2.21. The molecule has 1 atom stereocenters. The maximum Gasteiger partial charge on any atom is 0.292 e. The zero-order chi connectivity index (χ0) is 11.8. The first kappa shape index (κ1) is 11.1. The van der Waals surface area contributed by atoms with Crippen LogP contribution in [0.2, 0.25) is 0 Å². The van der Waals surface area contributed by atoms with Crippen LogP contribution in [0.25, 0.3) is 0 Å². The summed E-state index contributed by atoms with van der Waals surface area (Å²) in [4.78, 5) is 13.2. The summed E-state index contributed by atoms with van der Waals surface area (Å²) in [6.45, 7) is 0. The third-order valence-electron chi connectivity index (χ3n) is 2.73. The van der Waals surface area contributed by atoms with E-state index >= 15 is 0 Å². The topological polar surface area (TPSA) is 80.5 Å². The lowest BCUT2D eigenvalue weighted by atomic mass is 10.2. The molecule has 0 aromatic carbocycles. The Balaban J connectivity index is 2.09. The molecule has 1 aliphatic heterocycles. The quantitative estimate of drug-likeness (QED) is 0.727. The van der Waals surface area contributed by atoms with Gasteiger partial charge < -0.3 is 9.42 Å². The second-order valence-electron chi connectivity index (χ2n) is 3.85.